The molecule has 6 nitrogen and oxygen atoms in total. The number of pyridine rings is 1. The number of hydrogen-bond acceptors (Lipinski definition) is 5. The number of ether oxygens (including phenoxy) is 1. The van der Waals surface area contributed by atoms with Gasteiger partial charge >= 0.3 is 5.97 Å². The van der Waals surface area contributed by atoms with E-state index >= 15 is 0 Å². The number of nitrogens with zero attached hydrogens (tertiary/aromatic N) is 1. The summed E-state index contributed by atoms with van der Waals surface area (Å²) in [6, 6.07) is 21.8. The Kier molecular flexibility index (Phi) is 5.57. The number of amides is 1. The Balaban J connectivity index is 1.53. The third kappa shape index (κ3) is 4.22. The van der Waals surface area contributed by atoms with Crippen molar-refractivity contribution in [2.45, 2.75) is 13.0 Å². The van der Waals surface area contributed by atoms with Crippen LogP contribution in [-0.2, 0) is 9.53 Å². The number of carbonyl (C=O) groups is 2. The smallest absolute Gasteiger partial charge is 0.339 e. The summed E-state index contributed by atoms with van der Waals surface area (Å²) in [6.45, 7) is 1.41. The minimum Gasteiger partial charge on any atom is -0.467 e. The number of nitrogens with one attached hydrogen (secondary N) is 1. The molecule has 0 saturated carbocycles. The number of furan rings is 1. The van der Waals surface area contributed by atoms with E-state index in [1.165, 1.54) is 6.26 Å². The first kappa shape index (κ1) is 19.4. The lowest BCUT2D eigenvalue weighted by Gasteiger charge is -2.13. The van der Waals surface area contributed by atoms with Crippen LogP contribution in [-0.4, -0.2) is 23.5 Å². The maximum absolute atomic E-state index is 12.8. The van der Waals surface area contributed by atoms with E-state index in [2.05, 4.69) is 10.3 Å². The molecular formula is C24H20N2O4. The normalized spacial score (nSPS) is 11.8. The lowest BCUT2D eigenvalue weighted by Crippen LogP contribution is -2.31. The highest BCUT2D eigenvalue weighted by molar-refractivity contribution is 6.05. The van der Waals surface area contributed by atoms with Gasteiger partial charge in [0.1, 0.15) is 5.76 Å². The minimum absolute atomic E-state index is 0.322. The van der Waals surface area contributed by atoms with Gasteiger partial charge in [0.2, 0.25) is 0 Å². The van der Waals surface area contributed by atoms with E-state index in [1.54, 1.807) is 25.1 Å². The average molecular weight is 400 g/mol. The number of esters is 1. The van der Waals surface area contributed by atoms with Gasteiger partial charge < -0.3 is 14.5 Å². The van der Waals surface area contributed by atoms with Gasteiger partial charge in [0.15, 0.2) is 6.61 Å². The highest BCUT2D eigenvalue weighted by Crippen LogP contribution is 2.25. The fourth-order valence-electron chi connectivity index (χ4n) is 3.20. The summed E-state index contributed by atoms with van der Waals surface area (Å²) in [7, 11) is 0. The SMILES string of the molecule is C[C@@H](NC(=O)COC(=O)c1cc(-c2ccccc2)nc2ccccc12)c1ccco1. The van der Waals surface area contributed by atoms with Crippen molar-refractivity contribution in [2.24, 2.45) is 0 Å². The Morgan fingerprint density at radius 2 is 1.80 bits per heavy atom. The third-order valence-electron chi connectivity index (χ3n) is 4.69. The van der Waals surface area contributed by atoms with Crippen LogP contribution in [0.4, 0.5) is 0 Å². The van der Waals surface area contributed by atoms with Crippen molar-refractivity contribution in [3.05, 3.63) is 90.4 Å². The molecule has 0 radical (unpaired) electrons. The summed E-state index contributed by atoms with van der Waals surface area (Å²) in [4.78, 5) is 29.7. The molecule has 4 rings (SSSR count). The first-order valence-corrected chi connectivity index (χ1v) is 9.57. The quantitative estimate of drug-likeness (QED) is 0.481. The van der Waals surface area contributed by atoms with Crippen molar-refractivity contribution in [3.8, 4) is 11.3 Å². The molecule has 2 aromatic heterocycles. The molecule has 6 heteroatoms. The van der Waals surface area contributed by atoms with Gasteiger partial charge in [0, 0.05) is 10.9 Å². The lowest BCUT2D eigenvalue weighted by molar-refractivity contribution is -0.125. The molecule has 0 spiro atoms. The van der Waals surface area contributed by atoms with Crippen molar-refractivity contribution in [1.82, 2.24) is 10.3 Å². The van der Waals surface area contributed by atoms with Crippen molar-refractivity contribution in [3.63, 3.8) is 0 Å². The molecule has 0 bridgehead atoms. The molecule has 0 aliphatic heterocycles. The highest BCUT2D eigenvalue weighted by atomic mass is 16.5. The van der Waals surface area contributed by atoms with Gasteiger partial charge in [-0.05, 0) is 31.2 Å². The number of para-hydroxylation sites is 1. The zero-order valence-electron chi connectivity index (χ0n) is 16.4. The standard InChI is InChI=1S/C24H20N2O4/c1-16(22-12-7-13-29-22)25-23(27)15-30-24(28)19-14-21(17-8-3-2-4-9-17)26-20-11-6-5-10-18(19)20/h2-14,16H,15H2,1H3,(H,25,27)/t16-/m1/s1. The Morgan fingerprint density at radius 1 is 1.03 bits per heavy atom. The molecule has 1 amide bonds. The fourth-order valence-corrected chi connectivity index (χ4v) is 3.20. The Hall–Kier alpha value is -3.93. The van der Waals surface area contributed by atoms with Gasteiger partial charge in [-0.15, -0.1) is 0 Å². The molecule has 0 aliphatic rings. The summed E-state index contributed by atoms with van der Waals surface area (Å²) in [5, 5.41) is 3.41. The van der Waals surface area contributed by atoms with Gasteiger partial charge in [0.05, 0.1) is 29.1 Å². The van der Waals surface area contributed by atoms with E-state index in [0.717, 1.165) is 5.56 Å². The number of fused-ring (bicyclic) bond motifs is 1. The zero-order valence-corrected chi connectivity index (χ0v) is 16.4. The first-order valence-electron chi connectivity index (χ1n) is 9.57. The fraction of sp³-hybridized carbons (Fsp3) is 0.125. The Bertz CT molecular complexity index is 1170. The average Bonchev–Trinajstić information content (AvgIpc) is 3.32. The number of carbonyl (C=O) groups excluding carboxylic acids is 2. The molecule has 30 heavy (non-hydrogen) atoms. The second-order valence-corrected chi connectivity index (χ2v) is 6.82. The molecule has 0 aliphatic carbocycles. The summed E-state index contributed by atoms with van der Waals surface area (Å²) in [6.07, 6.45) is 1.54. The van der Waals surface area contributed by atoms with E-state index in [4.69, 9.17) is 9.15 Å². The first-order chi connectivity index (χ1) is 14.6. The lowest BCUT2D eigenvalue weighted by atomic mass is 10.0. The van der Waals surface area contributed by atoms with E-state index in [0.29, 0.717) is 27.9 Å². The van der Waals surface area contributed by atoms with Crippen LogP contribution < -0.4 is 5.32 Å². The second kappa shape index (κ2) is 8.61. The highest BCUT2D eigenvalue weighted by Gasteiger charge is 2.18. The van der Waals surface area contributed by atoms with Gasteiger partial charge in [0.25, 0.3) is 5.91 Å². The Labute approximate surface area is 173 Å². The summed E-state index contributed by atoms with van der Waals surface area (Å²) >= 11 is 0. The molecule has 1 N–H and O–H groups in total. The summed E-state index contributed by atoms with van der Waals surface area (Å²) < 4.78 is 10.6. The van der Waals surface area contributed by atoms with E-state index in [9.17, 15) is 9.59 Å². The van der Waals surface area contributed by atoms with Crippen LogP contribution in [0.2, 0.25) is 0 Å². The van der Waals surface area contributed by atoms with Crippen LogP contribution in [0.25, 0.3) is 22.2 Å². The van der Waals surface area contributed by atoms with Crippen LogP contribution in [0.15, 0.2) is 83.5 Å². The number of benzene rings is 2. The van der Waals surface area contributed by atoms with E-state index < -0.39 is 11.9 Å². The van der Waals surface area contributed by atoms with Gasteiger partial charge in [-0.2, -0.15) is 0 Å². The molecule has 2 aromatic carbocycles. The molecule has 1 atom stereocenters. The zero-order chi connectivity index (χ0) is 20.9. The molecular weight excluding hydrogens is 380 g/mol. The minimum atomic E-state index is -0.577. The number of aromatic nitrogens is 1. The second-order valence-electron chi connectivity index (χ2n) is 6.82. The predicted octanol–water partition coefficient (Wildman–Crippen LogP) is 4.53. The Morgan fingerprint density at radius 3 is 2.57 bits per heavy atom. The van der Waals surface area contributed by atoms with Crippen LogP contribution >= 0.6 is 0 Å². The molecule has 0 fully saturated rings. The maximum atomic E-state index is 12.8. The van der Waals surface area contributed by atoms with E-state index in [1.807, 2.05) is 54.6 Å². The van der Waals surface area contributed by atoms with Gasteiger partial charge in [-0.3, -0.25) is 4.79 Å². The monoisotopic (exact) mass is 400 g/mol. The van der Waals surface area contributed by atoms with E-state index in [-0.39, 0.29) is 12.6 Å². The molecule has 4 aromatic rings. The molecule has 0 saturated heterocycles. The largest absolute Gasteiger partial charge is 0.467 e. The maximum Gasteiger partial charge on any atom is 0.339 e. The summed E-state index contributed by atoms with van der Waals surface area (Å²) in [5.74, 6) is -0.359. The number of rotatable bonds is 6. The van der Waals surface area contributed by atoms with Crippen molar-refractivity contribution < 1.29 is 18.7 Å². The van der Waals surface area contributed by atoms with Crippen molar-refractivity contribution >= 4 is 22.8 Å². The van der Waals surface area contributed by atoms with Crippen LogP contribution in [0.1, 0.15) is 29.1 Å². The molecule has 150 valence electrons. The van der Waals surface area contributed by atoms with Crippen molar-refractivity contribution in [1.29, 1.82) is 0 Å². The van der Waals surface area contributed by atoms with Crippen molar-refractivity contribution in [2.75, 3.05) is 6.61 Å². The molecule has 0 unspecified atom stereocenters. The van der Waals surface area contributed by atoms with Crippen LogP contribution in [0.5, 0.6) is 0 Å². The molecule has 2 heterocycles. The predicted molar refractivity (Wildman–Crippen MR) is 113 cm³/mol. The van der Waals surface area contributed by atoms with Crippen LogP contribution in [0.3, 0.4) is 0 Å². The topological polar surface area (TPSA) is 81.4 Å². The summed E-state index contributed by atoms with van der Waals surface area (Å²) in [5.41, 5.74) is 2.60. The van der Waals surface area contributed by atoms with Gasteiger partial charge in [-0.1, -0.05) is 48.5 Å². The van der Waals surface area contributed by atoms with Gasteiger partial charge in [-0.25, -0.2) is 9.78 Å². The van der Waals surface area contributed by atoms with Crippen LogP contribution in [0, 0.1) is 0 Å². The third-order valence-corrected chi connectivity index (χ3v) is 4.69. The number of hydrogen-bond donors (Lipinski definition) is 1.